The number of aliphatic hydroxyl groups excluding tert-OH is 1. The summed E-state index contributed by atoms with van der Waals surface area (Å²) in [6.45, 7) is 10.00. The molecule has 0 spiro atoms. The Balaban J connectivity index is 2.25. The summed E-state index contributed by atoms with van der Waals surface area (Å²) in [5.41, 5.74) is 0.943. The molecule has 6 unspecified atom stereocenters. The van der Waals surface area contributed by atoms with E-state index in [9.17, 15) is 14.7 Å². The predicted octanol–water partition coefficient (Wildman–Crippen LogP) is 4.19. The molecule has 154 valence electrons. The van der Waals surface area contributed by atoms with Crippen LogP contribution in [0.4, 0.5) is 0 Å². The molecule has 0 bridgehead atoms. The van der Waals surface area contributed by atoms with Gasteiger partial charge in [-0.1, -0.05) is 32.4 Å². The number of carbonyl (C=O) groups is 2. The van der Waals surface area contributed by atoms with Crippen LogP contribution >= 0.6 is 0 Å². The van der Waals surface area contributed by atoms with E-state index < -0.39 is 11.4 Å². The van der Waals surface area contributed by atoms with Crippen molar-refractivity contribution < 1.29 is 24.5 Å². The quantitative estimate of drug-likeness (QED) is 0.511. The third kappa shape index (κ3) is 4.39. The number of aliphatic carboxylic acids is 1. The van der Waals surface area contributed by atoms with E-state index in [1.807, 2.05) is 6.92 Å². The molecule has 1 fully saturated rings. The zero-order valence-electron chi connectivity index (χ0n) is 17.5. The van der Waals surface area contributed by atoms with E-state index in [1.165, 1.54) is 12.5 Å². The fourth-order valence-electron chi connectivity index (χ4n) is 5.86. The first-order valence-electron chi connectivity index (χ1n) is 10.2. The fraction of sp³-hybridized carbons (Fsp3) is 0.818. The first-order chi connectivity index (χ1) is 12.5. The molecule has 0 aromatic carbocycles. The average molecular weight is 381 g/mol. The van der Waals surface area contributed by atoms with Gasteiger partial charge in [-0.3, -0.25) is 9.59 Å². The van der Waals surface area contributed by atoms with Gasteiger partial charge in [0.25, 0.3) is 0 Å². The topological polar surface area (TPSA) is 83.8 Å². The third-order valence-electron chi connectivity index (χ3n) is 7.41. The largest absolute Gasteiger partial charge is 0.481 e. The van der Waals surface area contributed by atoms with Crippen molar-refractivity contribution in [3.63, 3.8) is 0 Å². The lowest BCUT2D eigenvalue weighted by Crippen LogP contribution is -2.57. The number of carboxylic acid groups (broad SMARTS) is 1. The lowest BCUT2D eigenvalue weighted by atomic mass is 9.47. The van der Waals surface area contributed by atoms with Gasteiger partial charge < -0.3 is 14.9 Å². The lowest BCUT2D eigenvalue weighted by Gasteiger charge is -2.59. The Morgan fingerprint density at radius 3 is 2.59 bits per heavy atom. The van der Waals surface area contributed by atoms with Gasteiger partial charge in [0.15, 0.2) is 0 Å². The highest BCUT2D eigenvalue weighted by Crippen LogP contribution is 2.61. The van der Waals surface area contributed by atoms with E-state index in [2.05, 4.69) is 26.8 Å². The number of aliphatic hydroxyl groups is 1. The molecule has 0 aliphatic heterocycles. The summed E-state index contributed by atoms with van der Waals surface area (Å²) in [5.74, 6) is -0.267. The molecule has 2 rings (SSSR count). The molecule has 0 aromatic heterocycles. The molecule has 5 nitrogen and oxygen atoms in total. The van der Waals surface area contributed by atoms with Crippen molar-refractivity contribution in [1.29, 1.82) is 0 Å². The highest BCUT2D eigenvalue weighted by Gasteiger charge is 2.58. The van der Waals surface area contributed by atoms with Crippen LogP contribution < -0.4 is 0 Å². The molecule has 27 heavy (non-hydrogen) atoms. The molecule has 0 aromatic rings. The Bertz CT molecular complexity index is 598. The first-order valence-corrected chi connectivity index (χ1v) is 10.2. The number of allylic oxidation sites excluding steroid dienone is 2. The minimum absolute atomic E-state index is 0.000226. The minimum atomic E-state index is -0.739. The Morgan fingerprint density at radius 2 is 2.04 bits per heavy atom. The maximum Gasteiger partial charge on any atom is 0.303 e. The van der Waals surface area contributed by atoms with Crippen LogP contribution in [0.25, 0.3) is 0 Å². The van der Waals surface area contributed by atoms with Gasteiger partial charge in [0.1, 0.15) is 6.10 Å². The van der Waals surface area contributed by atoms with Crippen LogP contribution in [0, 0.1) is 28.6 Å². The molecule has 0 heterocycles. The molecule has 0 amide bonds. The number of fused-ring (bicyclic) bond motifs is 1. The highest BCUT2D eigenvalue weighted by atomic mass is 16.5. The number of hydrogen-bond donors (Lipinski definition) is 2. The van der Waals surface area contributed by atoms with Crippen LogP contribution in [0.1, 0.15) is 73.1 Å². The van der Waals surface area contributed by atoms with Gasteiger partial charge in [-0.05, 0) is 62.2 Å². The Labute approximate surface area is 163 Å². The number of carbonyl (C=O) groups excluding carboxylic acids is 1. The molecule has 5 heteroatoms. The van der Waals surface area contributed by atoms with Crippen molar-refractivity contribution in [3.05, 3.63) is 11.6 Å². The van der Waals surface area contributed by atoms with Crippen molar-refractivity contribution in [3.8, 4) is 0 Å². The second-order valence-corrected chi connectivity index (χ2v) is 9.38. The maximum atomic E-state index is 11.6. The summed E-state index contributed by atoms with van der Waals surface area (Å²) in [6, 6.07) is 0. The van der Waals surface area contributed by atoms with E-state index in [4.69, 9.17) is 9.84 Å². The molecular weight excluding hydrogens is 344 g/mol. The van der Waals surface area contributed by atoms with Crippen molar-refractivity contribution >= 4 is 11.9 Å². The van der Waals surface area contributed by atoms with E-state index in [0.29, 0.717) is 5.92 Å². The van der Waals surface area contributed by atoms with Gasteiger partial charge in [-0.2, -0.15) is 0 Å². The second-order valence-electron chi connectivity index (χ2n) is 9.38. The molecule has 2 aliphatic rings. The van der Waals surface area contributed by atoms with E-state index in [1.54, 1.807) is 0 Å². The van der Waals surface area contributed by atoms with Gasteiger partial charge in [-0.15, -0.1) is 0 Å². The number of hydrogen-bond acceptors (Lipinski definition) is 4. The highest BCUT2D eigenvalue weighted by molar-refractivity contribution is 5.67. The molecule has 6 atom stereocenters. The van der Waals surface area contributed by atoms with Gasteiger partial charge in [-0.25, -0.2) is 0 Å². The zero-order chi connectivity index (χ0) is 20.4. The monoisotopic (exact) mass is 380 g/mol. The van der Waals surface area contributed by atoms with Gasteiger partial charge in [0.2, 0.25) is 0 Å². The van der Waals surface area contributed by atoms with Gasteiger partial charge in [0.05, 0.1) is 6.61 Å². The molecule has 2 aliphatic carbocycles. The molecule has 0 saturated heterocycles. The zero-order valence-corrected chi connectivity index (χ0v) is 17.5. The van der Waals surface area contributed by atoms with Crippen molar-refractivity contribution in [1.82, 2.24) is 0 Å². The molecule has 0 radical (unpaired) electrons. The summed E-state index contributed by atoms with van der Waals surface area (Å²) in [5, 5.41) is 19.3. The average Bonchev–Trinajstić information content (AvgIpc) is 2.56. The maximum absolute atomic E-state index is 11.6. The Morgan fingerprint density at radius 1 is 1.37 bits per heavy atom. The summed E-state index contributed by atoms with van der Waals surface area (Å²) >= 11 is 0. The fourth-order valence-corrected chi connectivity index (χ4v) is 5.86. The number of esters is 1. The standard InChI is InChI=1S/C22H36O5/c1-14(12-20(25)26)6-8-17-15(2)7-9-18-21(17,4)11-10-19(27-16(3)24)22(18,5)13-23/h7,14,17-19,23H,6,8-13H2,1-5H3,(H,25,26). The summed E-state index contributed by atoms with van der Waals surface area (Å²) in [6.07, 6.45) is 6.68. The van der Waals surface area contributed by atoms with Crippen LogP contribution in [0.5, 0.6) is 0 Å². The smallest absolute Gasteiger partial charge is 0.303 e. The van der Waals surface area contributed by atoms with Crippen LogP contribution in [0.15, 0.2) is 11.6 Å². The summed E-state index contributed by atoms with van der Waals surface area (Å²) in [4.78, 5) is 22.6. The predicted molar refractivity (Wildman–Crippen MR) is 104 cm³/mol. The van der Waals surface area contributed by atoms with Crippen LogP contribution in [0.3, 0.4) is 0 Å². The van der Waals surface area contributed by atoms with E-state index in [-0.39, 0.29) is 42.4 Å². The van der Waals surface area contributed by atoms with Crippen LogP contribution in [-0.4, -0.2) is 34.9 Å². The molecule has 1 saturated carbocycles. The van der Waals surface area contributed by atoms with E-state index in [0.717, 1.165) is 32.1 Å². The Hall–Kier alpha value is -1.36. The van der Waals surface area contributed by atoms with Gasteiger partial charge >= 0.3 is 11.9 Å². The number of rotatable bonds is 7. The molecule has 2 N–H and O–H groups in total. The van der Waals surface area contributed by atoms with Crippen molar-refractivity contribution in [2.45, 2.75) is 79.2 Å². The van der Waals surface area contributed by atoms with Gasteiger partial charge in [0, 0.05) is 18.8 Å². The summed E-state index contributed by atoms with van der Waals surface area (Å²) < 4.78 is 5.61. The minimum Gasteiger partial charge on any atom is -0.481 e. The number of carboxylic acids is 1. The Kier molecular flexibility index (Phi) is 6.77. The number of ether oxygens (including phenoxy) is 1. The van der Waals surface area contributed by atoms with Crippen LogP contribution in [-0.2, 0) is 14.3 Å². The normalized spacial score (nSPS) is 37.1. The summed E-state index contributed by atoms with van der Waals surface area (Å²) in [7, 11) is 0. The van der Waals surface area contributed by atoms with E-state index >= 15 is 0 Å². The second kappa shape index (κ2) is 8.34. The van der Waals surface area contributed by atoms with Crippen molar-refractivity contribution in [2.24, 2.45) is 28.6 Å². The SMILES string of the molecule is CC(=O)OC1CCC2(C)C(CCC(C)CC(=O)O)C(C)=CCC2C1(C)CO. The molecular formula is C22H36O5. The lowest BCUT2D eigenvalue weighted by molar-refractivity contribution is -0.182. The third-order valence-corrected chi connectivity index (χ3v) is 7.41. The van der Waals surface area contributed by atoms with Crippen molar-refractivity contribution in [2.75, 3.05) is 6.61 Å². The van der Waals surface area contributed by atoms with Crippen LogP contribution in [0.2, 0.25) is 0 Å². The first kappa shape index (κ1) is 21.9.